The van der Waals surface area contributed by atoms with Gasteiger partial charge in [0.2, 0.25) is 5.91 Å². The van der Waals surface area contributed by atoms with Gasteiger partial charge in [-0.3, -0.25) is 19.3 Å². The number of anilines is 2. The molecular formula is C20H21N3O3S. The van der Waals surface area contributed by atoms with Gasteiger partial charge in [0.15, 0.2) is 0 Å². The van der Waals surface area contributed by atoms with Crippen molar-refractivity contribution >= 4 is 46.0 Å². The fraction of sp³-hybridized carbons (Fsp3) is 0.250. The smallest absolute Gasteiger partial charge is 0.278 e. The lowest BCUT2D eigenvalue weighted by Gasteiger charge is -2.17. The molecule has 2 aromatic rings. The van der Waals surface area contributed by atoms with Crippen LogP contribution in [0.3, 0.4) is 0 Å². The van der Waals surface area contributed by atoms with E-state index in [1.807, 2.05) is 31.4 Å². The summed E-state index contributed by atoms with van der Waals surface area (Å²) in [7, 11) is 0. The quantitative estimate of drug-likeness (QED) is 0.748. The van der Waals surface area contributed by atoms with Gasteiger partial charge in [-0.2, -0.15) is 0 Å². The number of hydrogen-bond acceptors (Lipinski definition) is 5. The minimum Gasteiger partial charge on any atom is -0.350 e. The Labute approximate surface area is 161 Å². The molecule has 1 aliphatic heterocycles. The monoisotopic (exact) mass is 383 g/mol. The molecule has 1 aromatic heterocycles. The van der Waals surface area contributed by atoms with E-state index < -0.39 is 0 Å². The Morgan fingerprint density at radius 2 is 1.74 bits per heavy atom. The number of rotatable bonds is 6. The minimum atomic E-state index is -0.317. The molecule has 2 heterocycles. The van der Waals surface area contributed by atoms with Crippen molar-refractivity contribution in [1.29, 1.82) is 0 Å². The summed E-state index contributed by atoms with van der Waals surface area (Å²) in [6, 6.07) is 10.7. The van der Waals surface area contributed by atoms with Gasteiger partial charge in [-0.1, -0.05) is 19.9 Å². The summed E-state index contributed by atoms with van der Waals surface area (Å²) >= 11 is 1.43. The molecular weight excluding hydrogens is 362 g/mol. The molecule has 0 saturated heterocycles. The molecule has 140 valence electrons. The number of amides is 3. The number of carbonyl (C=O) groups is 3. The van der Waals surface area contributed by atoms with Crippen molar-refractivity contribution in [2.45, 2.75) is 20.8 Å². The summed E-state index contributed by atoms with van der Waals surface area (Å²) in [6.45, 7) is 5.75. The first-order valence-corrected chi connectivity index (χ1v) is 9.53. The third-order valence-electron chi connectivity index (χ3n) is 3.96. The topological polar surface area (TPSA) is 78.5 Å². The van der Waals surface area contributed by atoms with E-state index >= 15 is 0 Å². The maximum atomic E-state index is 12.9. The minimum absolute atomic E-state index is 0.153. The number of thiophene rings is 1. The SMILES string of the molecule is CC(=O)Nc1ccc(NC2=C(c3cccs3)C(=O)N(CC(C)C)C2=O)cc1. The summed E-state index contributed by atoms with van der Waals surface area (Å²) < 4.78 is 0. The molecule has 1 aliphatic rings. The van der Waals surface area contributed by atoms with Crippen LogP contribution in [0.1, 0.15) is 25.6 Å². The standard InChI is InChI=1S/C20H21N3O3S/c1-12(2)11-23-19(25)17(16-5-4-10-27-16)18(20(23)26)22-15-8-6-14(7-9-15)21-13(3)24/h4-10,12,22H,11H2,1-3H3,(H,21,24). The van der Waals surface area contributed by atoms with E-state index in [0.29, 0.717) is 23.5 Å². The maximum Gasteiger partial charge on any atom is 0.278 e. The number of hydrogen-bond donors (Lipinski definition) is 2. The Kier molecular flexibility index (Phi) is 5.41. The van der Waals surface area contributed by atoms with Crippen LogP contribution in [0.15, 0.2) is 47.5 Å². The van der Waals surface area contributed by atoms with Crippen LogP contribution >= 0.6 is 11.3 Å². The van der Waals surface area contributed by atoms with Crippen molar-refractivity contribution in [3.8, 4) is 0 Å². The van der Waals surface area contributed by atoms with E-state index in [0.717, 1.165) is 4.88 Å². The van der Waals surface area contributed by atoms with Crippen LogP contribution in [0, 0.1) is 5.92 Å². The van der Waals surface area contributed by atoms with Crippen molar-refractivity contribution in [1.82, 2.24) is 4.90 Å². The summed E-state index contributed by atoms with van der Waals surface area (Å²) in [6.07, 6.45) is 0. The molecule has 3 rings (SSSR count). The Bertz CT molecular complexity index is 899. The average Bonchev–Trinajstić information content (AvgIpc) is 3.19. The summed E-state index contributed by atoms with van der Waals surface area (Å²) in [4.78, 5) is 39.0. The number of benzene rings is 1. The number of imide groups is 1. The molecule has 6 nitrogen and oxygen atoms in total. The molecule has 0 aliphatic carbocycles. The van der Waals surface area contributed by atoms with Crippen molar-refractivity contribution in [2.24, 2.45) is 5.92 Å². The van der Waals surface area contributed by atoms with E-state index in [4.69, 9.17) is 0 Å². The van der Waals surface area contributed by atoms with Crippen LogP contribution in [-0.4, -0.2) is 29.2 Å². The molecule has 2 N–H and O–H groups in total. The number of carbonyl (C=O) groups excluding carboxylic acids is 3. The van der Waals surface area contributed by atoms with Crippen LogP contribution in [-0.2, 0) is 14.4 Å². The van der Waals surface area contributed by atoms with Crippen LogP contribution in [0.4, 0.5) is 11.4 Å². The average molecular weight is 383 g/mol. The predicted octanol–water partition coefficient (Wildman–Crippen LogP) is 3.55. The number of nitrogens with zero attached hydrogens (tertiary/aromatic N) is 1. The Hall–Kier alpha value is -2.93. The van der Waals surface area contributed by atoms with Gasteiger partial charge in [-0.05, 0) is 41.6 Å². The lowest BCUT2D eigenvalue weighted by atomic mass is 10.1. The summed E-state index contributed by atoms with van der Waals surface area (Å²) in [5.41, 5.74) is 2.02. The Balaban J connectivity index is 1.92. The highest BCUT2D eigenvalue weighted by molar-refractivity contribution is 7.11. The normalized spacial score (nSPS) is 14.3. The van der Waals surface area contributed by atoms with Crippen molar-refractivity contribution < 1.29 is 14.4 Å². The zero-order valence-electron chi connectivity index (χ0n) is 15.4. The van der Waals surface area contributed by atoms with Gasteiger partial charge in [-0.25, -0.2) is 0 Å². The van der Waals surface area contributed by atoms with Crippen molar-refractivity contribution in [3.05, 3.63) is 52.4 Å². The van der Waals surface area contributed by atoms with Gasteiger partial charge >= 0.3 is 0 Å². The lowest BCUT2D eigenvalue weighted by Crippen LogP contribution is -2.35. The van der Waals surface area contributed by atoms with Gasteiger partial charge in [0, 0.05) is 29.7 Å². The van der Waals surface area contributed by atoms with Gasteiger partial charge < -0.3 is 10.6 Å². The predicted molar refractivity (Wildman–Crippen MR) is 107 cm³/mol. The first-order chi connectivity index (χ1) is 12.9. The first kappa shape index (κ1) is 18.8. The second kappa shape index (κ2) is 7.75. The zero-order chi connectivity index (χ0) is 19.6. The molecule has 1 aromatic carbocycles. The van der Waals surface area contributed by atoms with Crippen LogP contribution in [0.5, 0.6) is 0 Å². The molecule has 0 saturated carbocycles. The Morgan fingerprint density at radius 1 is 1.07 bits per heavy atom. The third-order valence-corrected chi connectivity index (χ3v) is 4.85. The fourth-order valence-electron chi connectivity index (χ4n) is 2.86. The van der Waals surface area contributed by atoms with Crippen LogP contribution < -0.4 is 10.6 Å². The van der Waals surface area contributed by atoms with Crippen LogP contribution in [0.25, 0.3) is 5.57 Å². The van der Waals surface area contributed by atoms with Crippen molar-refractivity contribution in [3.63, 3.8) is 0 Å². The van der Waals surface area contributed by atoms with E-state index in [1.54, 1.807) is 24.3 Å². The molecule has 0 bridgehead atoms. The molecule has 0 spiro atoms. The molecule has 0 unspecified atom stereocenters. The zero-order valence-corrected chi connectivity index (χ0v) is 16.2. The van der Waals surface area contributed by atoms with Gasteiger partial charge in [0.05, 0.1) is 5.57 Å². The Morgan fingerprint density at radius 3 is 2.30 bits per heavy atom. The van der Waals surface area contributed by atoms with Gasteiger partial charge in [0.1, 0.15) is 5.70 Å². The highest BCUT2D eigenvalue weighted by atomic mass is 32.1. The second-order valence-electron chi connectivity index (χ2n) is 6.73. The molecule has 0 fully saturated rings. The second-order valence-corrected chi connectivity index (χ2v) is 7.67. The molecule has 3 amide bonds. The molecule has 27 heavy (non-hydrogen) atoms. The lowest BCUT2D eigenvalue weighted by molar-refractivity contribution is -0.137. The van der Waals surface area contributed by atoms with E-state index in [9.17, 15) is 14.4 Å². The summed E-state index contributed by atoms with van der Waals surface area (Å²) in [5.74, 6) is -0.561. The largest absolute Gasteiger partial charge is 0.350 e. The molecule has 7 heteroatoms. The summed E-state index contributed by atoms with van der Waals surface area (Å²) in [5, 5.41) is 7.68. The highest BCUT2D eigenvalue weighted by Crippen LogP contribution is 2.33. The van der Waals surface area contributed by atoms with E-state index in [2.05, 4.69) is 10.6 Å². The molecule has 0 atom stereocenters. The third kappa shape index (κ3) is 4.09. The molecule has 0 radical (unpaired) electrons. The van der Waals surface area contributed by atoms with Gasteiger partial charge in [0.25, 0.3) is 11.8 Å². The van der Waals surface area contributed by atoms with E-state index in [-0.39, 0.29) is 29.3 Å². The van der Waals surface area contributed by atoms with E-state index in [1.165, 1.54) is 23.2 Å². The fourth-order valence-corrected chi connectivity index (χ4v) is 3.62. The maximum absolute atomic E-state index is 12.9. The highest BCUT2D eigenvalue weighted by Gasteiger charge is 2.39. The first-order valence-electron chi connectivity index (χ1n) is 8.66. The van der Waals surface area contributed by atoms with Gasteiger partial charge in [-0.15, -0.1) is 11.3 Å². The number of nitrogens with one attached hydrogen (secondary N) is 2. The van der Waals surface area contributed by atoms with Crippen molar-refractivity contribution in [2.75, 3.05) is 17.2 Å². The van der Waals surface area contributed by atoms with Crippen LogP contribution in [0.2, 0.25) is 0 Å².